The molecule has 2 aromatic rings. The number of hydrogen-bond donors (Lipinski definition) is 1. The van der Waals surface area contributed by atoms with Gasteiger partial charge < -0.3 is 5.73 Å². The minimum atomic E-state index is -0.455. The number of nitrogens with zero attached hydrogens (tertiary/aromatic N) is 2. The van der Waals surface area contributed by atoms with Crippen LogP contribution < -0.4 is 5.73 Å². The summed E-state index contributed by atoms with van der Waals surface area (Å²) in [6.45, 7) is 0. The van der Waals surface area contributed by atoms with Crippen molar-refractivity contribution < 1.29 is 4.39 Å². The normalized spacial score (nSPS) is 10.3. The molecule has 0 fully saturated rings. The number of halogens is 2. The standard InChI is InChI=1S/C10H7ClFN3/c11-7-5-6(1-2-8(7)12)9-3-4-10(13)15-14-9/h1-5H,(H2,13,15). The first-order valence-corrected chi connectivity index (χ1v) is 4.59. The highest BCUT2D eigenvalue weighted by molar-refractivity contribution is 6.31. The van der Waals surface area contributed by atoms with Crippen molar-refractivity contribution in [1.29, 1.82) is 0 Å². The minimum absolute atomic E-state index is 0.0612. The summed E-state index contributed by atoms with van der Waals surface area (Å²) >= 11 is 5.65. The van der Waals surface area contributed by atoms with E-state index in [1.807, 2.05) is 0 Å². The Morgan fingerprint density at radius 3 is 2.53 bits per heavy atom. The number of hydrogen-bond acceptors (Lipinski definition) is 3. The molecule has 0 aliphatic heterocycles. The van der Waals surface area contributed by atoms with E-state index in [2.05, 4.69) is 10.2 Å². The van der Waals surface area contributed by atoms with E-state index < -0.39 is 5.82 Å². The molecular weight excluding hydrogens is 217 g/mol. The van der Waals surface area contributed by atoms with Gasteiger partial charge in [0.2, 0.25) is 0 Å². The van der Waals surface area contributed by atoms with Crippen LogP contribution in [-0.2, 0) is 0 Å². The quantitative estimate of drug-likeness (QED) is 0.808. The van der Waals surface area contributed by atoms with Crippen LogP contribution in [0, 0.1) is 5.82 Å². The topological polar surface area (TPSA) is 51.8 Å². The van der Waals surface area contributed by atoms with Crippen LogP contribution >= 0.6 is 11.6 Å². The molecule has 3 nitrogen and oxygen atoms in total. The van der Waals surface area contributed by atoms with Gasteiger partial charge in [-0.15, -0.1) is 10.2 Å². The van der Waals surface area contributed by atoms with Gasteiger partial charge >= 0.3 is 0 Å². The predicted molar refractivity (Wildman–Crippen MR) is 56.8 cm³/mol. The highest BCUT2D eigenvalue weighted by Crippen LogP contribution is 2.23. The largest absolute Gasteiger partial charge is 0.382 e. The maximum absolute atomic E-state index is 12.9. The van der Waals surface area contributed by atoms with Crippen molar-refractivity contribution in [3.63, 3.8) is 0 Å². The summed E-state index contributed by atoms with van der Waals surface area (Å²) in [6, 6.07) is 7.69. The molecule has 0 radical (unpaired) electrons. The molecule has 2 N–H and O–H groups in total. The number of rotatable bonds is 1. The number of aromatic nitrogens is 2. The lowest BCUT2D eigenvalue weighted by Gasteiger charge is -2.01. The second kappa shape index (κ2) is 3.82. The summed E-state index contributed by atoms with van der Waals surface area (Å²) in [4.78, 5) is 0. The summed E-state index contributed by atoms with van der Waals surface area (Å²) in [6.07, 6.45) is 0. The molecule has 0 spiro atoms. The first kappa shape index (κ1) is 9.86. The molecule has 1 aromatic carbocycles. The van der Waals surface area contributed by atoms with Crippen molar-refractivity contribution in [2.45, 2.75) is 0 Å². The van der Waals surface area contributed by atoms with Crippen LogP contribution in [0.5, 0.6) is 0 Å². The molecule has 0 aliphatic carbocycles. The van der Waals surface area contributed by atoms with Gasteiger partial charge in [0.1, 0.15) is 11.6 Å². The zero-order valence-electron chi connectivity index (χ0n) is 7.61. The average Bonchev–Trinajstić information content (AvgIpc) is 2.23. The Labute approximate surface area is 90.7 Å². The monoisotopic (exact) mass is 223 g/mol. The van der Waals surface area contributed by atoms with Gasteiger partial charge in [-0.25, -0.2) is 4.39 Å². The van der Waals surface area contributed by atoms with Crippen molar-refractivity contribution >= 4 is 17.4 Å². The lowest BCUT2D eigenvalue weighted by molar-refractivity contribution is 0.628. The van der Waals surface area contributed by atoms with Gasteiger partial charge in [0.25, 0.3) is 0 Å². The van der Waals surface area contributed by atoms with Gasteiger partial charge in [0, 0.05) is 5.56 Å². The van der Waals surface area contributed by atoms with Crippen LogP contribution in [-0.4, -0.2) is 10.2 Å². The lowest BCUT2D eigenvalue weighted by Crippen LogP contribution is -1.93. The number of nitrogens with two attached hydrogens (primary N) is 1. The van der Waals surface area contributed by atoms with E-state index in [0.717, 1.165) is 0 Å². The molecule has 0 bridgehead atoms. The summed E-state index contributed by atoms with van der Waals surface area (Å²) < 4.78 is 12.9. The summed E-state index contributed by atoms with van der Waals surface area (Å²) in [5, 5.41) is 7.62. The summed E-state index contributed by atoms with van der Waals surface area (Å²) in [5.74, 6) is -0.115. The van der Waals surface area contributed by atoms with E-state index in [0.29, 0.717) is 17.1 Å². The van der Waals surface area contributed by atoms with E-state index in [1.165, 1.54) is 12.1 Å². The van der Waals surface area contributed by atoms with Gasteiger partial charge in [-0.05, 0) is 30.3 Å². The lowest BCUT2D eigenvalue weighted by atomic mass is 10.1. The van der Waals surface area contributed by atoms with Crippen LogP contribution in [0.1, 0.15) is 0 Å². The van der Waals surface area contributed by atoms with Crippen LogP contribution in [0.25, 0.3) is 11.3 Å². The zero-order valence-corrected chi connectivity index (χ0v) is 8.37. The molecule has 0 saturated carbocycles. The van der Waals surface area contributed by atoms with Crippen molar-refractivity contribution in [3.05, 3.63) is 41.2 Å². The van der Waals surface area contributed by atoms with Gasteiger partial charge in [0.15, 0.2) is 0 Å². The number of benzene rings is 1. The molecule has 5 heteroatoms. The highest BCUT2D eigenvalue weighted by atomic mass is 35.5. The number of anilines is 1. The molecule has 0 amide bonds. The van der Waals surface area contributed by atoms with Crippen LogP contribution in [0.4, 0.5) is 10.2 Å². The Morgan fingerprint density at radius 2 is 1.93 bits per heavy atom. The van der Waals surface area contributed by atoms with E-state index in [9.17, 15) is 4.39 Å². The van der Waals surface area contributed by atoms with E-state index >= 15 is 0 Å². The van der Waals surface area contributed by atoms with Gasteiger partial charge in [-0.1, -0.05) is 11.6 Å². The first-order chi connectivity index (χ1) is 7.16. The first-order valence-electron chi connectivity index (χ1n) is 4.21. The Bertz CT molecular complexity index is 485. The Balaban J connectivity index is 2.45. The van der Waals surface area contributed by atoms with Crippen molar-refractivity contribution in [2.24, 2.45) is 0 Å². The van der Waals surface area contributed by atoms with Crippen molar-refractivity contribution in [3.8, 4) is 11.3 Å². The smallest absolute Gasteiger partial charge is 0.146 e. The van der Waals surface area contributed by atoms with Gasteiger partial charge in [-0.3, -0.25) is 0 Å². The third kappa shape index (κ3) is 2.05. The van der Waals surface area contributed by atoms with Crippen molar-refractivity contribution in [2.75, 3.05) is 5.73 Å². The molecule has 2 rings (SSSR count). The molecule has 0 aliphatic rings. The van der Waals surface area contributed by atoms with E-state index in [1.54, 1.807) is 18.2 Å². The SMILES string of the molecule is Nc1ccc(-c2ccc(F)c(Cl)c2)nn1. The number of nitrogen functional groups attached to an aromatic ring is 1. The fourth-order valence-corrected chi connectivity index (χ4v) is 1.33. The molecule has 1 heterocycles. The van der Waals surface area contributed by atoms with Crippen LogP contribution in [0.2, 0.25) is 5.02 Å². The van der Waals surface area contributed by atoms with Crippen molar-refractivity contribution in [1.82, 2.24) is 10.2 Å². The maximum atomic E-state index is 12.9. The zero-order chi connectivity index (χ0) is 10.8. The molecule has 0 atom stereocenters. The van der Waals surface area contributed by atoms with Gasteiger partial charge in [-0.2, -0.15) is 0 Å². The molecule has 76 valence electrons. The average molecular weight is 224 g/mol. The second-order valence-electron chi connectivity index (χ2n) is 2.97. The summed E-state index contributed by atoms with van der Waals surface area (Å²) in [5.41, 5.74) is 6.70. The maximum Gasteiger partial charge on any atom is 0.146 e. The Kier molecular flexibility index (Phi) is 2.51. The van der Waals surface area contributed by atoms with Crippen LogP contribution in [0.3, 0.4) is 0 Å². The second-order valence-corrected chi connectivity index (χ2v) is 3.38. The molecule has 1 aromatic heterocycles. The third-order valence-corrected chi connectivity index (χ3v) is 2.19. The molecule has 0 unspecified atom stereocenters. The van der Waals surface area contributed by atoms with Crippen LogP contribution in [0.15, 0.2) is 30.3 Å². The molecule has 0 saturated heterocycles. The third-order valence-electron chi connectivity index (χ3n) is 1.90. The van der Waals surface area contributed by atoms with E-state index in [4.69, 9.17) is 17.3 Å². The van der Waals surface area contributed by atoms with E-state index in [-0.39, 0.29) is 5.02 Å². The molecule has 15 heavy (non-hydrogen) atoms. The molecular formula is C10H7ClFN3. The Morgan fingerprint density at radius 1 is 1.13 bits per heavy atom. The summed E-state index contributed by atoms with van der Waals surface area (Å²) in [7, 11) is 0. The highest BCUT2D eigenvalue weighted by Gasteiger charge is 2.04. The Hall–Kier alpha value is -1.68. The van der Waals surface area contributed by atoms with Gasteiger partial charge in [0.05, 0.1) is 10.7 Å². The fourth-order valence-electron chi connectivity index (χ4n) is 1.15. The predicted octanol–water partition coefficient (Wildman–Crippen LogP) is 2.52. The fraction of sp³-hybridized carbons (Fsp3) is 0. The minimum Gasteiger partial charge on any atom is -0.382 e.